The molecule has 26 heavy (non-hydrogen) atoms. The maximum Gasteiger partial charge on any atom is 0.251 e. The molecule has 0 bridgehead atoms. The van der Waals surface area contributed by atoms with Crippen molar-refractivity contribution in [1.82, 2.24) is 5.32 Å². The summed E-state index contributed by atoms with van der Waals surface area (Å²) in [6.07, 6.45) is 4.05. The Balaban J connectivity index is 0. The van der Waals surface area contributed by atoms with E-state index in [-0.39, 0.29) is 16.6 Å². The van der Waals surface area contributed by atoms with Gasteiger partial charge >= 0.3 is 0 Å². The van der Waals surface area contributed by atoms with Crippen LogP contribution in [0.4, 0.5) is 0 Å². The van der Waals surface area contributed by atoms with Gasteiger partial charge in [-0.25, -0.2) is 0 Å². The number of hydrogen-bond donors (Lipinski definition) is 1. The Bertz CT molecular complexity index is 384. The average Bonchev–Trinajstić information content (AvgIpc) is 2.59. The molecule has 0 aromatic heterocycles. The molecule has 0 saturated carbocycles. The number of methoxy groups -OCH3 is 1. The quantitative estimate of drug-likeness (QED) is 0.466. The van der Waals surface area contributed by atoms with Gasteiger partial charge in [0.15, 0.2) is 5.12 Å². The molecule has 0 spiro atoms. The van der Waals surface area contributed by atoms with Crippen molar-refractivity contribution < 1.29 is 19.1 Å². The van der Waals surface area contributed by atoms with Crippen LogP contribution in [-0.2, 0) is 19.1 Å². The second-order valence-electron chi connectivity index (χ2n) is 6.94. The lowest BCUT2D eigenvalue weighted by atomic mass is 10.1. The predicted octanol–water partition coefficient (Wildman–Crippen LogP) is 4.58. The van der Waals surface area contributed by atoms with E-state index in [2.05, 4.69) is 5.32 Å². The molecule has 0 unspecified atom stereocenters. The Morgan fingerprint density at radius 3 is 2.19 bits per heavy atom. The lowest BCUT2D eigenvalue weighted by Gasteiger charge is -2.28. The zero-order valence-corrected chi connectivity index (χ0v) is 19.0. The molecule has 0 heterocycles. The molecular formula is C20H41NO4S. The summed E-state index contributed by atoms with van der Waals surface area (Å²) < 4.78 is 11.1. The summed E-state index contributed by atoms with van der Waals surface area (Å²) in [6, 6.07) is 0. The van der Waals surface area contributed by atoms with Crippen molar-refractivity contribution in [1.29, 1.82) is 0 Å². The standard InChI is InChI=1S/C18H35NO4S.C2H6/c1-7-24-15(20)11-9-8-10-13-19-16(21)18(4,5)23-14-12-17(2,3)22-6;1-2/h7-14H2,1-6H3,(H,19,21);1-2H3. The molecule has 0 aliphatic heterocycles. The largest absolute Gasteiger partial charge is 0.379 e. The highest BCUT2D eigenvalue weighted by Crippen LogP contribution is 2.16. The fourth-order valence-electron chi connectivity index (χ4n) is 1.94. The van der Waals surface area contributed by atoms with Crippen molar-refractivity contribution in [3.8, 4) is 0 Å². The highest BCUT2D eigenvalue weighted by atomic mass is 32.2. The van der Waals surface area contributed by atoms with Gasteiger partial charge in [-0.05, 0) is 52.7 Å². The highest BCUT2D eigenvalue weighted by Gasteiger charge is 2.29. The topological polar surface area (TPSA) is 64.6 Å². The molecule has 1 amide bonds. The number of unbranched alkanes of at least 4 members (excludes halogenated alkanes) is 2. The normalized spacial score (nSPS) is 11.5. The summed E-state index contributed by atoms with van der Waals surface area (Å²) in [5.74, 6) is 0.737. The van der Waals surface area contributed by atoms with Crippen LogP contribution < -0.4 is 5.32 Å². The Hall–Kier alpha value is -0.590. The van der Waals surface area contributed by atoms with E-state index in [0.717, 1.165) is 31.4 Å². The van der Waals surface area contributed by atoms with Crippen LogP contribution in [0.2, 0.25) is 0 Å². The lowest BCUT2D eigenvalue weighted by molar-refractivity contribution is -0.144. The second kappa shape index (κ2) is 15.5. The maximum absolute atomic E-state index is 12.2. The van der Waals surface area contributed by atoms with Crippen LogP contribution in [0.5, 0.6) is 0 Å². The van der Waals surface area contributed by atoms with Crippen molar-refractivity contribution in [2.45, 2.75) is 91.8 Å². The van der Waals surface area contributed by atoms with E-state index < -0.39 is 5.60 Å². The monoisotopic (exact) mass is 391 g/mol. The molecule has 156 valence electrons. The van der Waals surface area contributed by atoms with Crippen LogP contribution in [-0.4, -0.2) is 48.2 Å². The molecule has 6 heteroatoms. The molecule has 0 aromatic carbocycles. The van der Waals surface area contributed by atoms with Crippen LogP contribution in [0.25, 0.3) is 0 Å². The summed E-state index contributed by atoms with van der Waals surface area (Å²) >= 11 is 1.38. The Morgan fingerprint density at radius 1 is 1.04 bits per heavy atom. The van der Waals surface area contributed by atoms with Gasteiger partial charge in [0.05, 0.1) is 12.2 Å². The Morgan fingerprint density at radius 2 is 1.65 bits per heavy atom. The zero-order chi connectivity index (χ0) is 20.6. The summed E-state index contributed by atoms with van der Waals surface area (Å²) in [5, 5.41) is 3.17. The average molecular weight is 392 g/mol. The van der Waals surface area contributed by atoms with Crippen molar-refractivity contribution in [2.75, 3.05) is 26.0 Å². The van der Waals surface area contributed by atoms with Gasteiger partial charge in [0.1, 0.15) is 5.60 Å². The summed E-state index contributed by atoms with van der Waals surface area (Å²) in [7, 11) is 1.67. The molecule has 0 rings (SSSR count). The first kappa shape index (κ1) is 27.6. The third-order valence-corrected chi connectivity index (χ3v) is 4.73. The predicted molar refractivity (Wildman–Crippen MR) is 112 cm³/mol. The minimum atomic E-state index is -0.850. The van der Waals surface area contributed by atoms with Crippen LogP contribution in [0.3, 0.4) is 0 Å². The Kier molecular flexibility index (Phi) is 16.4. The van der Waals surface area contributed by atoms with Crippen LogP contribution in [0.15, 0.2) is 0 Å². The first-order valence-corrected chi connectivity index (χ1v) is 10.8. The van der Waals surface area contributed by atoms with E-state index in [0.29, 0.717) is 19.6 Å². The van der Waals surface area contributed by atoms with Gasteiger partial charge in [-0.2, -0.15) is 0 Å². The van der Waals surface area contributed by atoms with Crippen molar-refractivity contribution >= 4 is 22.8 Å². The van der Waals surface area contributed by atoms with Crippen LogP contribution >= 0.6 is 11.8 Å². The molecule has 0 radical (unpaired) electrons. The number of amides is 1. The van der Waals surface area contributed by atoms with Gasteiger partial charge < -0.3 is 14.8 Å². The molecule has 0 aromatic rings. The number of rotatable bonds is 13. The smallest absolute Gasteiger partial charge is 0.251 e. The van der Waals surface area contributed by atoms with E-state index >= 15 is 0 Å². The van der Waals surface area contributed by atoms with Crippen LogP contribution in [0, 0.1) is 0 Å². The molecule has 0 aliphatic carbocycles. The minimum absolute atomic E-state index is 0.102. The van der Waals surface area contributed by atoms with Crippen LogP contribution in [0.1, 0.15) is 80.6 Å². The van der Waals surface area contributed by atoms with Gasteiger partial charge in [0.25, 0.3) is 5.91 Å². The van der Waals surface area contributed by atoms with E-state index in [1.807, 2.05) is 34.6 Å². The number of nitrogens with one attached hydrogen (secondary N) is 1. The van der Waals surface area contributed by atoms with Gasteiger partial charge in [0, 0.05) is 20.1 Å². The SMILES string of the molecule is CC.CCSC(=O)CCCCCNC(=O)C(C)(C)OCCC(C)(C)OC. The summed E-state index contributed by atoms with van der Waals surface area (Å²) in [6.45, 7) is 14.6. The zero-order valence-electron chi connectivity index (χ0n) is 18.2. The summed E-state index contributed by atoms with van der Waals surface area (Å²) in [5.41, 5.74) is -1.10. The highest BCUT2D eigenvalue weighted by molar-refractivity contribution is 8.13. The van der Waals surface area contributed by atoms with Crippen molar-refractivity contribution in [3.63, 3.8) is 0 Å². The number of hydrogen-bond acceptors (Lipinski definition) is 5. The number of carbonyl (C=O) groups is 2. The first-order chi connectivity index (χ1) is 12.1. The molecule has 5 nitrogen and oxygen atoms in total. The van der Waals surface area contributed by atoms with E-state index in [1.165, 1.54) is 11.8 Å². The fraction of sp³-hybridized carbons (Fsp3) is 0.900. The van der Waals surface area contributed by atoms with E-state index in [9.17, 15) is 9.59 Å². The molecule has 0 atom stereocenters. The van der Waals surface area contributed by atoms with Gasteiger partial charge in [-0.1, -0.05) is 39.0 Å². The molecular weight excluding hydrogens is 350 g/mol. The third-order valence-electron chi connectivity index (χ3n) is 3.91. The van der Waals surface area contributed by atoms with Crippen molar-refractivity contribution in [3.05, 3.63) is 0 Å². The van der Waals surface area contributed by atoms with Crippen molar-refractivity contribution in [2.24, 2.45) is 0 Å². The molecule has 0 aliphatic rings. The second-order valence-corrected chi connectivity index (χ2v) is 8.27. The molecule has 0 saturated heterocycles. The maximum atomic E-state index is 12.2. The van der Waals surface area contributed by atoms with E-state index in [4.69, 9.17) is 9.47 Å². The lowest BCUT2D eigenvalue weighted by Crippen LogP contribution is -2.45. The van der Waals surface area contributed by atoms with Gasteiger partial charge in [-0.15, -0.1) is 0 Å². The van der Waals surface area contributed by atoms with Gasteiger partial charge in [-0.3, -0.25) is 9.59 Å². The Labute approximate surface area is 165 Å². The number of carbonyl (C=O) groups excluding carboxylic acids is 2. The summed E-state index contributed by atoms with van der Waals surface area (Å²) in [4.78, 5) is 23.6. The molecule has 1 N–H and O–H groups in total. The molecule has 0 fully saturated rings. The number of ether oxygens (including phenoxy) is 2. The first-order valence-electron chi connectivity index (χ1n) is 9.77. The third kappa shape index (κ3) is 14.6. The van der Waals surface area contributed by atoms with Gasteiger partial charge in [0.2, 0.25) is 0 Å². The fourth-order valence-corrected chi connectivity index (χ4v) is 2.55. The number of thioether (sulfide) groups is 1. The van der Waals surface area contributed by atoms with E-state index in [1.54, 1.807) is 21.0 Å². The minimum Gasteiger partial charge on any atom is -0.379 e.